The Bertz CT molecular complexity index is 1100. The second-order valence-electron chi connectivity index (χ2n) is 6.17. The average molecular weight is 426 g/mol. The van der Waals surface area contributed by atoms with Crippen molar-refractivity contribution in [3.05, 3.63) is 57.4 Å². The molecule has 0 fully saturated rings. The van der Waals surface area contributed by atoms with Crippen LogP contribution < -0.4 is 0 Å². The molecule has 0 saturated carbocycles. The van der Waals surface area contributed by atoms with E-state index in [0.29, 0.717) is 5.02 Å². The minimum Gasteiger partial charge on any atom is -0.465 e. The van der Waals surface area contributed by atoms with E-state index >= 15 is 0 Å². The number of halogens is 1. The maximum absolute atomic E-state index is 13.1. The summed E-state index contributed by atoms with van der Waals surface area (Å²) in [6.07, 6.45) is 0. The molecule has 148 valence electrons. The number of esters is 2. The SMILES string of the molecule is COC(=O)c1c(C(=O)OC)c2n(c1C)CS(=O)(=O)C2C(=O)c1ccc(Cl)cc1. The highest BCUT2D eigenvalue weighted by molar-refractivity contribution is 7.91. The van der Waals surface area contributed by atoms with Crippen LogP contribution in [0.5, 0.6) is 0 Å². The minimum absolute atomic E-state index is 0.0929. The molecule has 8 nitrogen and oxygen atoms in total. The normalized spacial score (nSPS) is 17.1. The molecule has 0 radical (unpaired) electrons. The summed E-state index contributed by atoms with van der Waals surface area (Å²) in [6, 6.07) is 5.72. The number of fused-ring (bicyclic) bond motifs is 1. The number of hydrogen-bond acceptors (Lipinski definition) is 7. The monoisotopic (exact) mass is 425 g/mol. The van der Waals surface area contributed by atoms with Crippen molar-refractivity contribution in [3.63, 3.8) is 0 Å². The number of benzene rings is 1. The predicted octanol–water partition coefficient (Wildman–Crippen LogP) is 2.33. The fraction of sp³-hybridized carbons (Fsp3) is 0.278. The second-order valence-corrected chi connectivity index (χ2v) is 8.67. The van der Waals surface area contributed by atoms with E-state index in [2.05, 4.69) is 0 Å². The first-order chi connectivity index (χ1) is 13.1. The summed E-state index contributed by atoms with van der Waals surface area (Å²) < 4.78 is 36.3. The number of sulfone groups is 1. The lowest BCUT2D eigenvalue weighted by Crippen LogP contribution is -2.22. The Hall–Kier alpha value is -2.65. The highest BCUT2D eigenvalue weighted by Gasteiger charge is 2.48. The van der Waals surface area contributed by atoms with Gasteiger partial charge in [-0.15, -0.1) is 0 Å². The molecule has 0 bridgehead atoms. The molecule has 3 rings (SSSR count). The van der Waals surface area contributed by atoms with Gasteiger partial charge < -0.3 is 14.0 Å². The lowest BCUT2D eigenvalue weighted by atomic mass is 10.0. The number of hydrogen-bond donors (Lipinski definition) is 0. The molecular weight excluding hydrogens is 410 g/mol. The van der Waals surface area contributed by atoms with Crippen molar-refractivity contribution in [1.82, 2.24) is 4.57 Å². The molecule has 1 atom stereocenters. The van der Waals surface area contributed by atoms with Crippen molar-refractivity contribution in [3.8, 4) is 0 Å². The predicted molar refractivity (Wildman–Crippen MR) is 99.3 cm³/mol. The van der Waals surface area contributed by atoms with Crippen LogP contribution in [-0.2, 0) is 25.2 Å². The van der Waals surface area contributed by atoms with Gasteiger partial charge in [0.05, 0.1) is 31.0 Å². The Morgan fingerprint density at radius 3 is 2.11 bits per heavy atom. The third-order valence-corrected chi connectivity index (χ3v) is 6.65. The standard InChI is InChI=1S/C18H16ClNO7S/c1-9-12(17(22)26-2)13(18(23)27-3)14-16(28(24,25)8-20(9)14)15(21)10-4-6-11(19)7-5-10/h4-7,16H,8H2,1-3H3. The van der Waals surface area contributed by atoms with E-state index in [1.807, 2.05) is 0 Å². The van der Waals surface area contributed by atoms with Crippen LogP contribution in [-0.4, -0.2) is 44.9 Å². The van der Waals surface area contributed by atoms with E-state index in [1.54, 1.807) is 0 Å². The van der Waals surface area contributed by atoms with Crippen molar-refractivity contribution in [2.24, 2.45) is 0 Å². The van der Waals surface area contributed by atoms with Crippen LogP contribution in [0.25, 0.3) is 0 Å². The molecule has 0 saturated heterocycles. The number of carbonyl (C=O) groups is 3. The summed E-state index contributed by atoms with van der Waals surface area (Å²) in [5.41, 5.74) is -0.170. The lowest BCUT2D eigenvalue weighted by Gasteiger charge is -2.11. The number of ketones is 1. The molecule has 1 unspecified atom stereocenters. The van der Waals surface area contributed by atoms with Gasteiger partial charge in [-0.25, -0.2) is 18.0 Å². The molecule has 1 aliphatic heterocycles. The zero-order valence-corrected chi connectivity index (χ0v) is 16.8. The lowest BCUT2D eigenvalue weighted by molar-refractivity contribution is 0.0555. The van der Waals surface area contributed by atoms with Gasteiger partial charge in [0, 0.05) is 16.3 Å². The van der Waals surface area contributed by atoms with E-state index in [4.69, 9.17) is 21.1 Å². The van der Waals surface area contributed by atoms with Crippen LogP contribution in [0.4, 0.5) is 0 Å². The Morgan fingerprint density at radius 1 is 1.04 bits per heavy atom. The van der Waals surface area contributed by atoms with E-state index in [0.717, 1.165) is 14.2 Å². The van der Waals surface area contributed by atoms with Gasteiger partial charge in [-0.2, -0.15) is 0 Å². The molecule has 1 aromatic carbocycles. The Balaban J connectivity index is 2.28. The largest absolute Gasteiger partial charge is 0.465 e. The highest BCUT2D eigenvalue weighted by Crippen LogP contribution is 2.41. The van der Waals surface area contributed by atoms with Gasteiger partial charge in [0.2, 0.25) is 0 Å². The first-order valence-corrected chi connectivity index (χ1v) is 10.1. The molecule has 1 aliphatic rings. The number of methoxy groups -OCH3 is 2. The third-order valence-electron chi connectivity index (χ3n) is 4.63. The summed E-state index contributed by atoms with van der Waals surface area (Å²) in [6.45, 7) is 1.48. The first kappa shape index (κ1) is 20.1. The fourth-order valence-corrected chi connectivity index (χ4v) is 5.35. The van der Waals surface area contributed by atoms with E-state index in [-0.39, 0.29) is 28.1 Å². The number of Topliss-reactive ketones (excluding diaryl/α,β-unsaturated/α-hetero) is 1. The first-order valence-electron chi connectivity index (χ1n) is 8.05. The van der Waals surface area contributed by atoms with Crippen LogP contribution >= 0.6 is 11.6 Å². The Morgan fingerprint density at radius 2 is 1.57 bits per heavy atom. The average Bonchev–Trinajstić information content (AvgIpc) is 3.09. The van der Waals surface area contributed by atoms with Crippen LogP contribution in [0.2, 0.25) is 5.02 Å². The molecular formula is C18H16ClNO7S. The van der Waals surface area contributed by atoms with Crippen molar-refractivity contribution in [1.29, 1.82) is 0 Å². The number of rotatable bonds is 4. The van der Waals surface area contributed by atoms with Gasteiger partial charge in [-0.1, -0.05) is 11.6 Å². The quantitative estimate of drug-likeness (QED) is 0.546. The summed E-state index contributed by atoms with van der Waals surface area (Å²) in [4.78, 5) is 37.7. The maximum Gasteiger partial charge on any atom is 0.340 e. The van der Waals surface area contributed by atoms with Crippen LogP contribution in [0.15, 0.2) is 24.3 Å². The van der Waals surface area contributed by atoms with Gasteiger partial charge in [0.15, 0.2) is 20.9 Å². The maximum atomic E-state index is 13.1. The molecule has 0 N–H and O–H groups in total. The Kier molecular flexibility index (Phi) is 5.07. The van der Waals surface area contributed by atoms with E-state index in [1.165, 1.54) is 35.8 Å². The zero-order valence-electron chi connectivity index (χ0n) is 15.2. The minimum atomic E-state index is -3.98. The van der Waals surface area contributed by atoms with Gasteiger partial charge in [0.25, 0.3) is 0 Å². The van der Waals surface area contributed by atoms with E-state index in [9.17, 15) is 22.8 Å². The van der Waals surface area contributed by atoms with Crippen molar-refractivity contribution < 1.29 is 32.3 Å². The highest BCUT2D eigenvalue weighted by atomic mass is 35.5. The number of ether oxygens (including phenoxy) is 2. The van der Waals surface area contributed by atoms with Crippen molar-refractivity contribution in [2.75, 3.05) is 14.2 Å². The molecule has 0 aliphatic carbocycles. The van der Waals surface area contributed by atoms with Crippen molar-refractivity contribution >= 4 is 39.2 Å². The second kappa shape index (κ2) is 7.06. The van der Waals surface area contributed by atoms with E-state index < -0.39 is 38.7 Å². The van der Waals surface area contributed by atoms with Crippen LogP contribution in [0.3, 0.4) is 0 Å². The fourth-order valence-electron chi connectivity index (χ4n) is 3.34. The van der Waals surface area contributed by atoms with Gasteiger partial charge >= 0.3 is 11.9 Å². The molecule has 10 heteroatoms. The smallest absolute Gasteiger partial charge is 0.340 e. The van der Waals surface area contributed by atoms with Crippen LogP contribution in [0.1, 0.15) is 47.7 Å². The Labute approximate surface area is 165 Å². The molecule has 2 aromatic rings. The molecule has 28 heavy (non-hydrogen) atoms. The summed E-state index contributed by atoms with van der Waals surface area (Å²) in [7, 11) is -1.74. The van der Waals surface area contributed by atoms with Gasteiger partial charge in [-0.05, 0) is 31.2 Å². The third kappa shape index (κ3) is 3.00. The topological polar surface area (TPSA) is 109 Å². The number of aromatic nitrogens is 1. The summed E-state index contributed by atoms with van der Waals surface area (Å²) in [5.74, 6) is -3.02. The summed E-state index contributed by atoms with van der Waals surface area (Å²) >= 11 is 5.83. The number of nitrogens with zero attached hydrogens (tertiary/aromatic N) is 1. The molecule has 2 heterocycles. The van der Waals surface area contributed by atoms with Crippen molar-refractivity contribution in [2.45, 2.75) is 18.1 Å². The zero-order chi connectivity index (χ0) is 20.8. The molecule has 0 amide bonds. The van der Waals surface area contributed by atoms with Gasteiger partial charge in [-0.3, -0.25) is 4.79 Å². The summed E-state index contributed by atoms with van der Waals surface area (Å²) in [5, 5.41) is -1.27. The molecule has 1 aromatic heterocycles. The van der Waals surface area contributed by atoms with Gasteiger partial charge in [0.1, 0.15) is 5.88 Å². The van der Waals surface area contributed by atoms with Crippen LogP contribution in [0, 0.1) is 6.92 Å². The number of carbonyl (C=O) groups excluding carboxylic acids is 3. The molecule has 0 spiro atoms.